The first-order valence-corrected chi connectivity index (χ1v) is 8.65. The minimum absolute atomic E-state index is 0.275. The molecular formula is C19H30N2O4. The second-order valence-electron chi connectivity index (χ2n) is 7.18. The molecule has 0 aliphatic heterocycles. The minimum atomic E-state index is -1.36. The van der Waals surface area contributed by atoms with Gasteiger partial charge < -0.3 is 20.9 Å². The van der Waals surface area contributed by atoms with Crippen LogP contribution in [-0.2, 0) is 20.7 Å². The van der Waals surface area contributed by atoms with Gasteiger partial charge in [0.05, 0.1) is 0 Å². The van der Waals surface area contributed by atoms with E-state index < -0.39 is 35.7 Å². The summed E-state index contributed by atoms with van der Waals surface area (Å²) in [6.45, 7) is 7.21. The summed E-state index contributed by atoms with van der Waals surface area (Å²) >= 11 is 0. The Balaban J connectivity index is 2.86. The zero-order valence-electron chi connectivity index (χ0n) is 15.5. The van der Waals surface area contributed by atoms with Crippen molar-refractivity contribution in [1.29, 1.82) is 0 Å². The van der Waals surface area contributed by atoms with Gasteiger partial charge in [-0.15, -0.1) is 0 Å². The number of benzene rings is 1. The average molecular weight is 350 g/mol. The maximum Gasteiger partial charge on any atom is 0.329 e. The lowest BCUT2D eigenvalue weighted by Crippen LogP contribution is -2.53. The SMILES string of the molecule is CCC[C@H](N)C(O)C(=O)N[C@@H](Cc1ccccc1)C(=O)OC(C)(C)C. The molecule has 1 unspecified atom stereocenters. The number of hydrogen-bond acceptors (Lipinski definition) is 5. The number of carbonyl (C=O) groups excluding carboxylic acids is 2. The van der Waals surface area contributed by atoms with Crippen molar-refractivity contribution in [2.45, 2.75) is 70.7 Å². The lowest BCUT2D eigenvalue weighted by atomic mass is 10.0. The van der Waals surface area contributed by atoms with Crippen molar-refractivity contribution in [3.63, 3.8) is 0 Å². The molecule has 1 aromatic rings. The Kier molecular flexibility index (Phi) is 8.06. The van der Waals surface area contributed by atoms with Gasteiger partial charge in [-0.25, -0.2) is 4.79 Å². The lowest BCUT2D eigenvalue weighted by Gasteiger charge is -2.26. The number of rotatable bonds is 8. The van der Waals surface area contributed by atoms with Crippen LogP contribution in [0.4, 0.5) is 0 Å². The third-order valence-electron chi connectivity index (χ3n) is 3.59. The number of nitrogens with two attached hydrogens (primary N) is 1. The van der Waals surface area contributed by atoms with E-state index in [4.69, 9.17) is 10.5 Å². The normalized spacial score (nSPS) is 15.1. The van der Waals surface area contributed by atoms with Crippen molar-refractivity contribution in [2.24, 2.45) is 5.73 Å². The summed E-state index contributed by atoms with van der Waals surface area (Å²) in [4.78, 5) is 24.7. The van der Waals surface area contributed by atoms with Crippen LogP contribution in [0.2, 0.25) is 0 Å². The van der Waals surface area contributed by atoms with Crippen LogP contribution in [0.25, 0.3) is 0 Å². The van der Waals surface area contributed by atoms with E-state index in [-0.39, 0.29) is 6.42 Å². The van der Waals surface area contributed by atoms with Crippen molar-refractivity contribution in [3.8, 4) is 0 Å². The Labute approximate surface area is 149 Å². The van der Waals surface area contributed by atoms with Gasteiger partial charge in [-0.1, -0.05) is 43.7 Å². The predicted molar refractivity (Wildman–Crippen MR) is 96.8 cm³/mol. The van der Waals surface area contributed by atoms with E-state index in [0.29, 0.717) is 6.42 Å². The molecule has 0 bridgehead atoms. The number of esters is 1. The largest absolute Gasteiger partial charge is 0.458 e. The molecule has 6 heteroatoms. The molecule has 0 saturated heterocycles. The molecule has 0 spiro atoms. The molecule has 25 heavy (non-hydrogen) atoms. The second-order valence-corrected chi connectivity index (χ2v) is 7.18. The Hall–Kier alpha value is -1.92. The number of aliphatic hydroxyl groups is 1. The minimum Gasteiger partial charge on any atom is -0.458 e. The number of hydrogen-bond donors (Lipinski definition) is 3. The number of ether oxygens (including phenoxy) is 1. The van der Waals surface area contributed by atoms with E-state index in [1.807, 2.05) is 37.3 Å². The summed E-state index contributed by atoms with van der Waals surface area (Å²) in [5.74, 6) is -1.20. The van der Waals surface area contributed by atoms with E-state index >= 15 is 0 Å². The Bertz CT molecular complexity index is 554. The van der Waals surface area contributed by atoms with E-state index in [9.17, 15) is 14.7 Å². The molecule has 6 nitrogen and oxygen atoms in total. The van der Waals surface area contributed by atoms with Crippen LogP contribution < -0.4 is 11.1 Å². The number of aliphatic hydroxyl groups excluding tert-OH is 1. The van der Waals surface area contributed by atoms with Gasteiger partial charge in [0.1, 0.15) is 17.7 Å². The summed E-state index contributed by atoms with van der Waals surface area (Å²) in [6.07, 6.45) is 0.188. The van der Waals surface area contributed by atoms with Crippen LogP contribution in [0.3, 0.4) is 0 Å². The number of nitrogens with one attached hydrogen (secondary N) is 1. The molecule has 4 N–H and O–H groups in total. The maximum atomic E-state index is 12.5. The summed E-state index contributed by atoms with van der Waals surface area (Å²) < 4.78 is 5.39. The van der Waals surface area contributed by atoms with E-state index in [1.54, 1.807) is 20.8 Å². The zero-order valence-corrected chi connectivity index (χ0v) is 15.5. The lowest BCUT2D eigenvalue weighted by molar-refractivity contribution is -0.159. The third kappa shape index (κ3) is 7.67. The fourth-order valence-electron chi connectivity index (χ4n) is 2.36. The molecule has 0 aliphatic rings. The standard InChI is InChI=1S/C19H30N2O4/c1-5-9-14(20)16(22)17(23)21-15(18(24)25-19(2,3)4)12-13-10-7-6-8-11-13/h6-8,10-11,14-16,22H,5,9,12,20H2,1-4H3,(H,21,23)/t14-,15-,16?/m0/s1. The Morgan fingerprint density at radius 1 is 1.24 bits per heavy atom. The first kappa shape index (κ1) is 21.1. The highest BCUT2D eigenvalue weighted by atomic mass is 16.6. The molecular weight excluding hydrogens is 320 g/mol. The van der Waals surface area contributed by atoms with Crippen molar-refractivity contribution in [2.75, 3.05) is 0 Å². The van der Waals surface area contributed by atoms with Crippen LogP contribution in [0.5, 0.6) is 0 Å². The second kappa shape index (κ2) is 9.53. The fraction of sp³-hybridized carbons (Fsp3) is 0.579. The fourth-order valence-corrected chi connectivity index (χ4v) is 2.36. The number of amides is 1. The van der Waals surface area contributed by atoms with Gasteiger partial charge in [0.15, 0.2) is 0 Å². The highest BCUT2D eigenvalue weighted by Gasteiger charge is 2.30. The van der Waals surface area contributed by atoms with E-state index in [2.05, 4.69) is 5.32 Å². The van der Waals surface area contributed by atoms with Gasteiger partial charge >= 0.3 is 5.97 Å². The molecule has 0 fully saturated rings. The molecule has 0 aliphatic carbocycles. The first-order chi connectivity index (χ1) is 11.6. The van der Waals surface area contributed by atoms with Gasteiger partial charge in [-0.2, -0.15) is 0 Å². The highest BCUT2D eigenvalue weighted by Crippen LogP contribution is 2.12. The topological polar surface area (TPSA) is 102 Å². The van der Waals surface area contributed by atoms with Crippen LogP contribution >= 0.6 is 0 Å². The molecule has 0 saturated carbocycles. The van der Waals surface area contributed by atoms with Crippen LogP contribution in [0.15, 0.2) is 30.3 Å². The van der Waals surface area contributed by atoms with Crippen LogP contribution in [0, 0.1) is 0 Å². The van der Waals surface area contributed by atoms with Crippen molar-refractivity contribution in [1.82, 2.24) is 5.32 Å². The van der Waals surface area contributed by atoms with Gasteiger partial charge in [0, 0.05) is 12.5 Å². The van der Waals surface area contributed by atoms with Gasteiger partial charge in [-0.05, 0) is 32.8 Å². The van der Waals surface area contributed by atoms with Crippen molar-refractivity contribution >= 4 is 11.9 Å². The van der Waals surface area contributed by atoms with Gasteiger partial charge in [-0.3, -0.25) is 4.79 Å². The van der Waals surface area contributed by atoms with Gasteiger partial charge in [0.25, 0.3) is 5.91 Å². The maximum absolute atomic E-state index is 12.5. The average Bonchev–Trinajstić information content (AvgIpc) is 2.53. The van der Waals surface area contributed by atoms with Crippen molar-refractivity contribution < 1.29 is 19.4 Å². The molecule has 140 valence electrons. The first-order valence-electron chi connectivity index (χ1n) is 8.65. The third-order valence-corrected chi connectivity index (χ3v) is 3.59. The van der Waals surface area contributed by atoms with E-state index in [0.717, 1.165) is 12.0 Å². The summed E-state index contributed by atoms with van der Waals surface area (Å²) in [5.41, 5.74) is 6.02. The predicted octanol–water partition coefficient (Wildman–Crippen LogP) is 1.54. The monoisotopic (exact) mass is 350 g/mol. The Morgan fingerprint density at radius 2 is 1.84 bits per heavy atom. The molecule has 1 aromatic carbocycles. The Morgan fingerprint density at radius 3 is 2.36 bits per heavy atom. The summed E-state index contributed by atoms with van der Waals surface area (Å²) in [5, 5.41) is 12.6. The molecule has 0 radical (unpaired) electrons. The zero-order chi connectivity index (χ0) is 19.0. The van der Waals surface area contributed by atoms with Crippen molar-refractivity contribution in [3.05, 3.63) is 35.9 Å². The molecule has 0 aromatic heterocycles. The highest BCUT2D eigenvalue weighted by molar-refractivity contribution is 5.87. The van der Waals surface area contributed by atoms with E-state index in [1.165, 1.54) is 0 Å². The molecule has 0 heterocycles. The van der Waals surface area contributed by atoms with Crippen LogP contribution in [-0.4, -0.2) is 40.8 Å². The quantitative estimate of drug-likeness (QED) is 0.617. The molecule has 3 atom stereocenters. The molecule has 1 amide bonds. The van der Waals surface area contributed by atoms with Crippen LogP contribution in [0.1, 0.15) is 46.1 Å². The smallest absolute Gasteiger partial charge is 0.329 e. The van der Waals surface area contributed by atoms with Gasteiger partial charge in [0.2, 0.25) is 0 Å². The summed E-state index contributed by atoms with van der Waals surface area (Å²) in [7, 11) is 0. The summed E-state index contributed by atoms with van der Waals surface area (Å²) in [6, 6.07) is 7.76. The number of carbonyl (C=O) groups is 2. The molecule has 1 rings (SSSR count).